The quantitative estimate of drug-likeness (QED) is 0.238. The Morgan fingerprint density at radius 1 is 0.742 bits per heavy atom. The van der Waals surface area contributed by atoms with Crippen LogP contribution in [0.25, 0.3) is 21.5 Å². The van der Waals surface area contributed by atoms with Crippen molar-refractivity contribution in [2.45, 2.75) is 4.90 Å². The first-order valence-corrected chi connectivity index (χ1v) is 8.84. The largest absolute Gasteiger partial charge is 0.503 e. The number of phenols is 1. The van der Waals surface area contributed by atoms with E-state index in [1.165, 1.54) is 0 Å². The average Bonchev–Trinajstić information content (AvgIpc) is 3.10. The minimum absolute atomic E-state index is 0.252. The molecular formula is C16H4F4N2O8S. The number of aromatic hydroxyl groups is 1. The second kappa shape index (κ2) is 6.49. The SMILES string of the molecule is O=c1c2cc3c(=O)n(OS(=O)c4c(F)c(F)c(O)c(F)c4F)c(=O)c3cc2c(=O)n1O. The lowest BCUT2D eigenvalue weighted by molar-refractivity contribution is 0.171. The summed E-state index contributed by atoms with van der Waals surface area (Å²) in [6.45, 7) is 0. The third-order valence-corrected chi connectivity index (χ3v) is 5.32. The first-order chi connectivity index (χ1) is 14.5. The number of halogens is 4. The molecule has 2 heterocycles. The molecule has 0 aliphatic heterocycles. The molecule has 0 spiro atoms. The average molecular weight is 460 g/mol. The normalized spacial score (nSPS) is 12.6. The minimum atomic E-state index is -3.51. The van der Waals surface area contributed by atoms with Crippen molar-refractivity contribution in [3.05, 3.63) is 76.8 Å². The molecular weight excluding hydrogens is 456 g/mol. The second-order valence-electron chi connectivity index (χ2n) is 6.01. The highest BCUT2D eigenvalue weighted by molar-refractivity contribution is 7.80. The van der Waals surface area contributed by atoms with E-state index in [1.54, 1.807) is 0 Å². The van der Waals surface area contributed by atoms with Crippen LogP contribution in [-0.2, 0) is 11.1 Å². The number of aromatic nitrogens is 2. The Hall–Kier alpha value is -4.01. The summed E-state index contributed by atoms with van der Waals surface area (Å²) >= 11 is -3.51. The first kappa shape index (κ1) is 20.3. The van der Waals surface area contributed by atoms with Gasteiger partial charge in [-0.2, -0.15) is 8.78 Å². The summed E-state index contributed by atoms with van der Waals surface area (Å²) in [6, 6.07) is 1.52. The van der Waals surface area contributed by atoms with Crippen LogP contribution in [0.1, 0.15) is 0 Å². The van der Waals surface area contributed by atoms with Crippen molar-refractivity contribution in [2.24, 2.45) is 0 Å². The molecule has 4 aromatic rings. The number of phenolic OH excluding ortho intramolecular Hbond substituents is 1. The number of benzene rings is 2. The van der Waals surface area contributed by atoms with Gasteiger partial charge in [-0.1, -0.05) is 4.73 Å². The van der Waals surface area contributed by atoms with Crippen LogP contribution >= 0.6 is 0 Å². The molecule has 2 N–H and O–H groups in total. The van der Waals surface area contributed by atoms with Gasteiger partial charge in [0.1, 0.15) is 0 Å². The zero-order valence-electron chi connectivity index (χ0n) is 14.3. The van der Waals surface area contributed by atoms with Gasteiger partial charge in [0.15, 0.2) is 22.3 Å². The van der Waals surface area contributed by atoms with Crippen LogP contribution in [0.3, 0.4) is 0 Å². The standard InChI is InChI=1S/C16H4F4N2O8S/c17-7-9(19)12(10(20)8(18)11(7)23)31(29)30-22-15(26)5-1-3-4(2-6(5)16(22)27)14(25)21(28)13(3)24/h1-2,23,28H. The Morgan fingerprint density at radius 2 is 1.13 bits per heavy atom. The zero-order chi connectivity index (χ0) is 22.9. The molecule has 15 heteroatoms. The van der Waals surface area contributed by atoms with E-state index in [4.69, 9.17) is 5.11 Å². The number of nitrogens with zero attached hydrogens (tertiary/aromatic N) is 2. The Labute approximate surface area is 166 Å². The highest BCUT2D eigenvalue weighted by atomic mass is 32.2. The molecule has 0 amide bonds. The number of hydrogen-bond donors (Lipinski definition) is 2. The van der Waals surface area contributed by atoms with Gasteiger partial charge in [-0.25, -0.2) is 13.0 Å². The van der Waals surface area contributed by atoms with Crippen molar-refractivity contribution in [2.75, 3.05) is 0 Å². The van der Waals surface area contributed by atoms with Crippen LogP contribution in [-0.4, -0.2) is 24.0 Å². The third-order valence-electron chi connectivity index (χ3n) is 4.34. The predicted molar refractivity (Wildman–Crippen MR) is 93.0 cm³/mol. The lowest BCUT2D eigenvalue weighted by atomic mass is 10.1. The number of fused-ring (bicyclic) bond motifs is 2. The molecule has 31 heavy (non-hydrogen) atoms. The van der Waals surface area contributed by atoms with Crippen LogP contribution in [0.2, 0.25) is 0 Å². The molecule has 2 aromatic heterocycles. The summed E-state index contributed by atoms with van der Waals surface area (Å²) in [7, 11) is 0. The first-order valence-electron chi connectivity index (χ1n) is 7.77. The van der Waals surface area contributed by atoms with Crippen LogP contribution in [0.4, 0.5) is 17.6 Å². The highest BCUT2D eigenvalue weighted by Gasteiger charge is 2.31. The van der Waals surface area contributed by atoms with E-state index in [2.05, 4.69) is 4.28 Å². The lowest BCUT2D eigenvalue weighted by Gasteiger charge is -2.08. The molecule has 0 radical (unpaired) electrons. The van der Waals surface area contributed by atoms with Gasteiger partial charge in [-0.3, -0.25) is 23.5 Å². The van der Waals surface area contributed by atoms with Gasteiger partial charge in [-0.15, -0.1) is 4.73 Å². The van der Waals surface area contributed by atoms with Crippen LogP contribution in [0.15, 0.2) is 36.2 Å². The van der Waals surface area contributed by atoms with Crippen molar-refractivity contribution >= 4 is 32.6 Å². The molecule has 1 atom stereocenters. The number of rotatable bonds is 3. The summed E-state index contributed by atoms with van der Waals surface area (Å²) in [5.41, 5.74) is -5.20. The van der Waals surface area contributed by atoms with Crippen LogP contribution in [0, 0.1) is 23.3 Å². The molecule has 0 saturated heterocycles. The van der Waals surface area contributed by atoms with Gasteiger partial charge in [0, 0.05) is 0 Å². The Morgan fingerprint density at radius 3 is 1.55 bits per heavy atom. The van der Waals surface area contributed by atoms with Gasteiger partial charge in [0.25, 0.3) is 33.3 Å². The maximum atomic E-state index is 13.9. The molecule has 0 bridgehead atoms. The van der Waals surface area contributed by atoms with E-state index < -0.39 is 88.8 Å². The van der Waals surface area contributed by atoms with Crippen molar-refractivity contribution in [3.63, 3.8) is 0 Å². The van der Waals surface area contributed by atoms with E-state index >= 15 is 0 Å². The zero-order valence-corrected chi connectivity index (χ0v) is 15.1. The maximum absolute atomic E-state index is 13.9. The fourth-order valence-electron chi connectivity index (χ4n) is 2.86. The Balaban J connectivity index is 1.92. The molecule has 160 valence electrons. The topological polar surface area (TPSA) is 145 Å². The van der Waals surface area contributed by atoms with E-state index in [0.717, 1.165) is 12.1 Å². The molecule has 10 nitrogen and oxygen atoms in total. The molecule has 0 fully saturated rings. The molecule has 0 aliphatic rings. The predicted octanol–water partition coefficient (Wildman–Crippen LogP) is -0.437. The van der Waals surface area contributed by atoms with Crippen LogP contribution < -0.4 is 26.5 Å². The van der Waals surface area contributed by atoms with Gasteiger partial charge < -0.3 is 10.3 Å². The molecule has 0 saturated carbocycles. The fraction of sp³-hybridized carbons (Fsp3) is 0. The maximum Gasteiger partial charge on any atom is 0.296 e. The summed E-state index contributed by atoms with van der Waals surface area (Å²) in [6.07, 6.45) is 0. The van der Waals surface area contributed by atoms with Gasteiger partial charge in [0.2, 0.25) is 11.6 Å². The van der Waals surface area contributed by atoms with Gasteiger partial charge in [-0.05, 0) is 12.1 Å². The van der Waals surface area contributed by atoms with Gasteiger partial charge >= 0.3 is 0 Å². The smallest absolute Gasteiger partial charge is 0.296 e. The monoisotopic (exact) mass is 460 g/mol. The lowest BCUT2D eigenvalue weighted by Crippen LogP contribution is -2.34. The van der Waals surface area contributed by atoms with Crippen molar-refractivity contribution in [1.82, 2.24) is 9.46 Å². The molecule has 4 rings (SSSR count). The summed E-state index contributed by atoms with van der Waals surface area (Å²) < 4.78 is 70.7. The highest BCUT2D eigenvalue weighted by Crippen LogP contribution is 2.30. The van der Waals surface area contributed by atoms with Crippen molar-refractivity contribution in [1.29, 1.82) is 0 Å². The summed E-state index contributed by atoms with van der Waals surface area (Å²) in [5.74, 6) is -11.2. The third kappa shape index (κ3) is 2.59. The van der Waals surface area contributed by atoms with E-state index in [1.807, 2.05) is 0 Å². The van der Waals surface area contributed by atoms with E-state index in [9.17, 15) is 46.2 Å². The van der Waals surface area contributed by atoms with Crippen molar-refractivity contribution < 1.29 is 36.4 Å². The fourth-order valence-corrected chi connectivity index (χ4v) is 3.68. The van der Waals surface area contributed by atoms with Gasteiger partial charge in [0.05, 0.1) is 21.5 Å². The Bertz CT molecular complexity index is 1570. The van der Waals surface area contributed by atoms with E-state index in [0.29, 0.717) is 0 Å². The molecule has 2 aromatic carbocycles. The summed E-state index contributed by atoms with van der Waals surface area (Å²) in [4.78, 5) is 46.5. The second-order valence-corrected chi connectivity index (χ2v) is 7.04. The number of hydrogen-bond acceptors (Lipinski definition) is 8. The minimum Gasteiger partial charge on any atom is -0.503 e. The van der Waals surface area contributed by atoms with E-state index in [-0.39, 0.29) is 9.46 Å². The Kier molecular flexibility index (Phi) is 4.25. The molecule has 0 aliphatic carbocycles. The summed E-state index contributed by atoms with van der Waals surface area (Å²) in [5, 5.41) is 16.3. The molecule has 1 unspecified atom stereocenters. The van der Waals surface area contributed by atoms with Crippen LogP contribution in [0.5, 0.6) is 5.75 Å². The van der Waals surface area contributed by atoms with Crippen molar-refractivity contribution in [3.8, 4) is 5.75 Å².